The van der Waals surface area contributed by atoms with E-state index in [2.05, 4.69) is 17.9 Å². The van der Waals surface area contributed by atoms with E-state index in [0.717, 1.165) is 0 Å². The van der Waals surface area contributed by atoms with Crippen molar-refractivity contribution in [3.05, 3.63) is 17.7 Å². The number of hydrogen-bond acceptors (Lipinski definition) is 6. The summed E-state index contributed by atoms with van der Waals surface area (Å²) in [6, 6.07) is 1.95. The number of carbonyl (C=O) groups excluding carboxylic acids is 1. The minimum Gasteiger partial charge on any atom is -0.493 e. The summed E-state index contributed by atoms with van der Waals surface area (Å²) in [5.41, 5.74) is 0.219. The summed E-state index contributed by atoms with van der Waals surface area (Å²) >= 11 is 4.05. The Morgan fingerprint density at radius 1 is 1.17 bits per heavy atom. The number of aliphatic carboxylic acids is 1. The lowest BCUT2D eigenvalue weighted by Crippen LogP contribution is -2.40. The summed E-state index contributed by atoms with van der Waals surface area (Å²) in [7, 11) is 4.33. The van der Waals surface area contributed by atoms with Gasteiger partial charge in [-0.25, -0.2) is 4.79 Å². The molecule has 128 valence electrons. The number of carboxylic acid groups (broad SMARTS) is 1. The lowest BCUT2D eigenvalue weighted by molar-refractivity contribution is -0.139. The molecule has 0 bridgehead atoms. The van der Waals surface area contributed by atoms with Gasteiger partial charge in [-0.15, -0.1) is 0 Å². The van der Waals surface area contributed by atoms with Crippen molar-refractivity contribution in [1.29, 1.82) is 0 Å². The van der Waals surface area contributed by atoms with E-state index < -0.39 is 17.9 Å². The van der Waals surface area contributed by atoms with Crippen LogP contribution in [0.2, 0.25) is 0 Å². The molecule has 1 aromatic rings. The van der Waals surface area contributed by atoms with Crippen LogP contribution in [0.25, 0.3) is 0 Å². The van der Waals surface area contributed by atoms with Gasteiger partial charge in [0.1, 0.15) is 6.04 Å². The Hall–Kier alpha value is -2.09. The largest absolute Gasteiger partial charge is 0.493 e. The zero-order chi connectivity index (χ0) is 17.4. The second-order valence-electron chi connectivity index (χ2n) is 4.64. The average molecular weight is 343 g/mol. The Balaban J connectivity index is 3.04. The molecule has 1 amide bonds. The Labute approximate surface area is 140 Å². The maximum atomic E-state index is 12.3. The van der Waals surface area contributed by atoms with Crippen molar-refractivity contribution in [3.8, 4) is 17.2 Å². The van der Waals surface area contributed by atoms with Crippen molar-refractivity contribution in [2.75, 3.05) is 27.1 Å². The van der Waals surface area contributed by atoms with Crippen molar-refractivity contribution in [2.24, 2.45) is 0 Å². The van der Waals surface area contributed by atoms with E-state index in [0.29, 0.717) is 35.8 Å². The van der Waals surface area contributed by atoms with Crippen LogP contribution in [0, 0.1) is 0 Å². The first kappa shape index (κ1) is 19.0. The number of benzene rings is 1. The van der Waals surface area contributed by atoms with E-state index in [4.69, 9.17) is 14.2 Å². The van der Waals surface area contributed by atoms with Gasteiger partial charge in [0.15, 0.2) is 11.5 Å². The molecule has 0 aromatic heterocycles. The minimum atomic E-state index is -1.09. The van der Waals surface area contributed by atoms with Crippen LogP contribution in [-0.4, -0.2) is 50.1 Å². The third-order valence-corrected chi connectivity index (χ3v) is 3.50. The van der Waals surface area contributed by atoms with Crippen LogP contribution < -0.4 is 19.5 Å². The van der Waals surface area contributed by atoms with Gasteiger partial charge in [-0.1, -0.05) is 0 Å². The summed E-state index contributed by atoms with van der Waals surface area (Å²) in [6.45, 7) is 0. The minimum absolute atomic E-state index is 0.219. The first-order valence-corrected chi connectivity index (χ1v) is 7.56. The molecule has 1 rings (SSSR count). The summed E-state index contributed by atoms with van der Waals surface area (Å²) in [6.07, 6.45) is 0.880. The SMILES string of the molecule is COc1cc(C(=O)NC(CCCS)C(=O)O)cc(OC)c1OC. The van der Waals surface area contributed by atoms with Crippen molar-refractivity contribution in [3.63, 3.8) is 0 Å². The van der Waals surface area contributed by atoms with Crippen molar-refractivity contribution in [2.45, 2.75) is 18.9 Å². The Morgan fingerprint density at radius 3 is 2.13 bits per heavy atom. The standard InChI is InChI=1S/C15H21NO6S/c1-20-11-7-9(8-12(21-2)13(11)22-3)14(17)16-10(15(18)19)5-4-6-23/h7-8,10,23H,4-6H2,1-3H3,(H,16,17)(H,18,19). The molecule has 0 saturated heterocycles. The summed E-state index contributed by atoms with van der Waals surface area (Å²) in [4.78, 5) is 23.5. The molecule has 0 aliphatic rings. The smallest absolute Gasteiger partial charge is 0.326 e. The van der Waals surface area contributed by atoms with Crippen LogP contribution in [0.5, 0.6) is 17.2 Å². The van der Waals surface area contributed by atoms with E-state index in [9.17, 15) is 14.7 Å². The predicted octanol–water partition coefficient (Wildman–Crippen LogP) is 1.61. The number of thiol groups is 1. The number of carbonyl (C=O) groups is 2. The van der Waals surface area contributed by atoms with Gasteiger partial charge >= 0.3 is 5.97 Å². The molecule has 1 unspecified atom stereocenters. The van der Waals surface area contributed by atoms with Crippen LogP contribution in [0.15, 0.2) is 12.1 Å². The highest BCUT2D eigenvalue weighted by Crippen LogP contribution is 2.38. The molecule has 8 heteroatoms. The maximum absolute atomic E-state index is 12.3. The Bertz CT molecular complexity index is 538. The van der Waals surface area contributed by atoms with Gasteiger partial charge in [-0.3, -0.25) is 4.79 Å². The second kappa shape index (κ2) is 9.14. The number of nitrogens with one attached hydrogen (secondary N) is 1. The van der Waals surface area contributed by atoms with Crippen molar-refractivity contribution >= 4 is 24.5 Å². The third kappa shape index (κ3) is 4.95. The molecule has 0 spiro atoms. The van der Waals surface area contributed by atoms with E-state index >= 15 is 0 Å². The highest BCUT2D eigenvalue weighted by atomic mass is 32.1. The summed E-state index contributed by atoms with van der Waals surface area (Å²) in [5, 5.41) is 11.7. The lowest BCUT2D eigenvalue weighted by atomic mass is 10.1. The van der Waals surface area contributed by atoms with Gasteiger partial charge in [-0.05, 0) is 30.7 Å². The second-order valence-corrected chi connectivity index (χ2v) is 5.09. The van der Waals surface area contributed by atoms with Crippen LogP contribution in [-0.2, 0) is 4.79 Å². The topological polar surface area (TPSA) is 94.1 Å². The number of methoxy groups -OCH3 is 3. The number of carboxylic acids is 1. The van der Waals surface area contributed by atoms with E-state index in [1.54, 1.807) is 0 Å². The zero-order valence-electron chi connectivity index (χ0n) is 13.3. The Kier molecular flexibility index (Phi) is 7.53. The maximum Gasteiger partial charge on any atom is 0.326 e. The molecule has 0 fully saturated rings. The van der Waals surface area contributed by atoms with Gasteiger partial charge in [0.25, 0.3) is 5.91 Å². The summed E-state index contributed by atoms with van der Waals surface area (Å²) < 4.78 is 15.5. The number of ether oxygens (including phenoxy) is 3. The van der Waals surface area contributed by atoms with Crippen LogP contribution in [0.1, 0.15) is 23.2 Å². The molecule has 0 radical (unpaired) electrons. The predicted molar refractivity (Wildman–Crippen MR) is 88.1 cm³/mol. The molecular formula is C15H21NO6S. The van der Waals surface area contributed by atoms with E-state index in [1.165, 1.54) is 33.5 Å². The fraction of sp³-hybridized carbons (Fsp3) is 0.467. The molecule has 23 heavy (non-hydrogen) atoms. The average Bonchev–Trinajstić information content (AvgIpc) is 2.56. The molecule has 1 aromatic carbocycles. The van der Waals surface area contributed by atoms with Crippen LogP contribution >= 0.6 is 12.6 Å². The monoisotopic (exact) mass is 343 g/mol. The fourth-order valence-corrected chi connectivity index (χ4v) is 2.19. The number of rotatable bonds is 9. The highest BCUT2D eigenvalue weighted by Gasteiger charge is 2.22. The molecule has 0 heterocycles. The molecule has 7 nitrogen and oxygen atoms in total. The molecule has 0 saturated carbocycles. The van der Waals surface area contributed by atoms with Gasteiger partial charge in [-0.2, -0.15) is 12.6 Å². The molecule has 1 atom stereocenters. The number of amides is 1. The normalized spacial score (nSPS) is 11.5. The molecule has 2 N–H and O–H groups in total. The zero-order valence-corrected chi connectivity index (χ0v) is 14.2. The van der Waals surface area contributed by atoms with Crippen LogP contribution in [0.4, 0.5) is 0 Å². The fourth-order valence-electron chi connectivity index (χ4n) is 2.01. The molecule has 0 aliphatic carbocycles. The van der Waals surface area contributed by atoms with Gasteiger partial charge in [0.05, 0.1) is 21.3 Å². The van der Waals surface area contributed by atoms with Crippen molar-refractivity contribution < 1.29 is 28.9 Å². The first-order valence-electron chi connectivity index (χ1n) is 6.93. The summed E-state index contributed by atoms with van der Waals surface area (Å²) in [5.74, 6) is -0.0811. The number of hydrogen-bond donors (Lipinski definition) is 3. The van der Waals surface area contributed by atoms with Crippen LogP contribution in [0.3, 0.4) is 0 Å². The van der Waals surface area contributed by atoms with Gasteiger partial charge in [0.2, 0.25) is 5.75 Å². The van der Waals surface area contributed by atoms with Crippen molar-refractivity contribution in [1.82, 2.24) is 5.32 Å². The highest BCUT2D eigenvalue weighted by molar-refractivity contribution is 7.80. The molecular weight excluding hydrogens is 322 g/mol. The Morgan fingerprint density at radius 2 is 1.74 bits per heavy atom. The van der Waals surface area contributed by atoms with E-state index in [-0.39, 0.29) is 5.56 Å². The quantitative estimate of drug-likeness (QED) is 0.590. The third-order valence-electron chi connectivity index (χ3n) is 3.18. The first-order chi connectivity index (χ1) is 11.0. The molecule has 0 aliphatic heterocycles. The van der Waals surface area contributed by atoms with E-state index in [1.807, 2.05) is 0 Å². The van der Waals surface area contributed by atoms with Gasteiger partial charge in [0, 0.05) is 5.56 Å². The lowest BCUT2D eigenvalue weighted by Gasteiger charge is -2.16. The van der Waals surface area contributed by atoms with Gasteiger partial charge < -0.3 is 24.6 Å².